The van der Waals surface area contributed by atoms with Gasteiger partial charge in [-0.1, -0.05) is 6.07 Å². The van der Waals surface area contributed by atoms with E-state index in [1.54, 1.807) is 0 Å². The molecule has 8 heteroatoms. The fourth-order valence-electron chi connectivity index (χ4n) is 3.41. The third kappa shape index (κ3) is 3.68. The van der Waals surface area contributed by atoms with Gasteiger partial charge in [0.2, 0.25) is 0 Å². The van der Waals surface area contributed by atoms with Crippen LogP contribution in [0.4, 0.5) is 13.2 Å². The lowest BCUT2D eigenvalue weighted by atomic mass is 10.2. The first kappa shape index (κ1) is 17.9. The topological polar surface area (TPSA) is 52.0 Å². The minimum Gasteiger partial charge on any atom is -0.371 e. The molecule has 3 aromatic rings. The fourth-order valence-corrected chi connectivity index (χ4v) is 3.41. The highest BCUT2D eigenvalue weighted by molar-refractivity contribution is 5.77. The minimum absolute atomic E-state index is 0.0414. The number of imidazole rings is 1. The zero-order valence-corrected chi connectivity index (χ0v) is 14.8. The first-order valence-corrected chi connectivity index (χ1v) is 8.71. The van der Waals surface area contributed by atoms with Crippen molar-refractivity contribution in [3.05, 3.63) is 59.2 Å². The maximum absolute atomic E-state index is 13.0. The maximum atomic E-state index is 13.0. The van der Waals surface area contributed by atoms with E-state index in [9.17, 15) is 13.2 Å². The minimum atomic E-state index is -4.38. The van der Waals surface area contributed by atoms with Gasteiger partial charge >= 0.3 is 6.18 Å². The molecular formula is C19H19F3N4O. The molecule has 142 valence electrons. The average Bonchev–Trinajstić information content (AvgIpc) is 2.99. The first-order chi connectivity index (χ1) is 12.9. The smallest absolute Gasteiger partial charge is 0.371 e. The molecule has 1 atom stereocenters. The van der Waals surface area contributed by atoms with Gasteiger partial charge in [-0.25, -0.2) is 4.98 Å². The van der Waals surface area contributed by atoms with Gasteiger partial charge in [0, 0.05) is 18.8 Å². The van der Waals surface area contributed by atoms with Gasteiger partial charge < -0.3 is 14.6 Å². The lowest BCUT2D eigenvalue weighted by Crippen LogP contribution is -2.32. The van der Waals surface area contributed by atoms with Crippen molar-refractivity contribution >= 4 is 11.0 Å². The molecule has 1 aliphatic heterocycles. The normalized spacial score (nSPS) is 17.3. The van der Waals surface area contributed by atoms with E-state index in [1.165, 1.54) is 6.07 Å². The number of ether oxygens (including phenoxy) is 1. The molecule has 0 amide bonds. The second-order valence-corrected chi connectivity index (χ2v) is 6.67. The third-order valence-electron chi connectivity index (χ3n) is 4.63. The zero-order chi connectivity index (χ0) is 19.0. The van der Waals surface area contributed by atoms with Crippen LogP contribution in [0, 0.1) is 6.92 Å². The van der Waals surface area contributed by atoms with Crippen molar-refractivity contribution in [1.29, 1.82) is 0 Å². The molecule has 3 heterocycles. The molecule has 1 N–H and O–H groups in total. The number of hydrogen-bond donors (Lipinski definition) is 1. The van der Waals surface area contributed by atoms with Crippen molar-refractivity contribution in [2.45, 2.75) is 32.3 Å². The van der Waals surface area contributed by atoms with Crippen LogP contribution in [0.2, 0.25) is 0 Å². The highest BCUT2D eigenvalue weighted by Crippen LogP contribution is 2.33. The fraction of sp³-hybridized carbons (Fsp3) is 0.368. The molecule has 0 fully saturated rings. The van der Waals surface area contributed by atoms with Crippen LogP contribution < -0.4 is 5.32 Å². The van der Waals surface area contributed by atoms with E-state index in [2.05, 4.69) is 15.3 Å². The highest BCUT2D eigenvalue weighted by atomic mass is 19.4. The van der Waals surface area contributed by atoms with Crippen molar-refractivity contribution in [2.75, 3.05) is 13.2 Å². The summed E-state index contributed by atoms with van der Waals surface area (Å²) < 4.78 is 46.4. The van der Waals surface area contributed by atoms with Gasteiger partial charge in [0.15, 0.2) is 0 Å². The van der Waals surface area contributed by atoms with Crippen molar-refractivity contribution < 1.29 is 17.9 Å². The van der Waals surface area contributed by atoms with E-state index < -0.39 is 11.7 Å². The number of rotatable bonds is 4. The number of benzene rings is 1. The van der Waals surface area contributed by atoms with E-state index in [1.807, 2.05) is 29.7 Å². The Morgan fingerprint density at radius 1 is 1.22 bits per heavy atom. The van der Waals surface area contributed by atoms with E-state index >= 15 is 0 Å². The molecule has 0 radical (unpaired) electrons. The summed E-state index contributed by atoms with van der Waals surface area (Å²) in [7, 11) is 0. The number of fused-ring (bicyclic) bond motifs is 3. The van der Waals surface area contributed by atoms with Gasteiger partial charge in [0.25, 0.3) is 0 Å². The van der Waals surface area contributed by atoms with E-state index in [-0.39, 0.29) is 6.04 Å². The van der Waals surface area contributed by atoms with Gasteiger partial charge in [0.1, 0.15) is 12.4 Å². The molecule has 0 spiro atoms. The summed E-state index contributed by atoms with van der Waals surface area (Å²) in [5.41, 5.74) is 2.25. The molecule has 0 saturated carbocycles. The zero-order valence-electron chi connectivity index (χ0n) is 14.8. The Bertz CT molecular complexity index is 967. The number of hydrogen-bond acceptors (Lipinski definition) is 4. The van der Waals surface area contributed by atoms with Crippen LogP contribution >= 0.6 is 0 Å². The van der Waals surface area contributed by atoms with Gasteiger partial charge in [-0.05, 0) is 37.3 Å². The Hall–Kier alpha value is -2.45. The molecule has 0 aliphatic carbocycles. The summed E-state index contributed by atoms with van der Waals surface area (Å²) in [6.45, 7) is 3.94. The van der Waals surface area contributed by atoms with Crippen LogP contribution in [0.1, 0.15) is 28.8 Å². The number of nitrogens with one attached hydrogen (secondary N) is 1. The van der Waals surface area contributed by atoms with E-state index in [0.29, 0.717) is 43.2 Å². The number of nitrogens with zero attached hydrogens (tertiary/aromatic N) is 3. The Balaban J connectivity index is 1.55. The molecule has 5 nitrogen and oxygen atoms in total. The summed E-state index contributed by atoms with van der Waals surface area (Å²) in [6, 6.07) is 9.51. The van der Waals surface area contributed by atoms with Gasteiger partial charge in [-0.2, -0.15) is 13.2 Å². The SMILES string of the molecule is Cc1cccc(CNC[C@H]2COCc3nc4cc(C(F)(F)F)ccc4n32)n1. The Morgan fingerprint density at radius 3 is 2.85 bits per heavy atom. The lowest BCUT2D eigenvalue weighted by Gasteiger charge is -2.26. The number of pyridine rings is 1. The van der Waals surface area contributed by atoms with Gasteiger partial charge in [0.05, 0.1) is 34.9 Å². The summed E-state index contributed by atoms with van der Waals surface area (Å²) in [6.07, 6.45) is -4.38. The van der Waals surface area contributed by atoms with Crippen LogP contribution in [0.25, 0.3) is 11.0 Å². The molecule has 4 rings (SSSR count). The van der Waals surface area contributed by atoms with Crippen LogP contribution in [0.5, 0.6) is 0 Å². The second kappa shape index (κ2) is 6.94. The Morgan fingerprint density at radius 2 is 2.07 bits per heavy atom. The molecular weight excluding hydrogens is 357 g/mol. The summed E-state index contributed by atoms with van der Waals surface area (Å²) in [5, 5.41) is 3.36. The number of aryl methyl sites for hydroxylation is 1. The monoisotopic (exact) mass is 376 g/mol. The highest BCUT2D eigenvalue weighted by Gasteiger charge is 2.32. The van der Waals surface area contributed by atoms with E-state index in [4.69, 9.17) is 4.74 Å². The largest absolute Gasteiger partial charge is 0.416 e. The van der Waals surface area contributed by atoms with Crippen LogP contribution in [0.3, 0.4) is 0 Å². The van der Waals surface area contributed by atoms with Crippen LogP contribution in [-0.2, 0) is 24.1 Å². The molecule has 27 heavy (non-hydrogen) atoms. The molecule has 1 aliphatic rings. The Kier molecular flexibility index (Phi) is 4.61. The van der Waals surface area contributed by atoms with Crippen LogP contribution in [-0.4, -0.2) is 27.7 Å². The number of aromatic nitrogens is 3. The molecule has 2 aromatic heterocycles. The number of halogens is 3. The van der Waals surface area contributed by atoms with Crippen LogP contribution in [0.15, 0.2) is 36.4 Å². The average molecular weight is 376 g/mol. The molecule has 0 bridgehead atoms. The van der Waals surface area contributed by atoms with Crippen molar-refractivity contribution in [3.63, 3.8) is 0 Å². The molecule has 0 saturated heterocycles. The van der Waals surface area contributed by atoms with Crippen molar-refractivity contribution in [2.24, 2.45) is 0 Å². The predicted molar refractivity (Wildman–Crippen MR) is 94.1 cm³/mol. The summed E-state index contributed by atoms with van der Waals surface area (Å²) in [4.78, 5) is 8.81. The molecule has 1 aromatic carbocycles. The van der Waals surface area contributed by atoms with Gasteiger partial charge in [-0.15, -0.1) is 0 Å². The lowest BCUT2D eigenvalue weighted by molar-refractivity contribution is -0.137. The standard InChI is InChI=1S/C19H19F3N4O/c1-12-3-2-4-14(24-12)8-23-9-15-10-27-11-18-25-16-7-13(19(20,21)22)5-6-17(16)26(15)18/h2-7,15,23H,8-11H2,1H3/t15-/m0/s1. The summed E-state index contributed by atoms with van der Waals surface area (Å²) in [5.74, 6) is 0.649. The summed E-state index contributed by atoms with van der Waals surface area (Å²) >= 11 is 0. The quantitative estimate of drug-likeness (QED) is 0.756. The van der Waals surface area contributed by atoms with Crippen molar-refractivity contribution in [1.82, 2.24) is 19.9 Å². The third-order valence-corrected chi connectivity index (χ3v) is 4.63. The molecule has 0 unspecified atom stereocenters. The second-order valence-electron chi connectivity index (χ2n) is 6.67. The van der Waals surface area contributed by atoms with E-state index in [0.717, 1.165) is 23.5 Å². The first-order valence-electron chi connectivity index (χ1n) is 8.71. The Labute approximate surface area is 154 Å². The van der Waals surface area contributed by atoms with Gasteiger partial charge in [-0.3, -0.25) is 4.98 Å². The predicted octanol–water partition coefficient (Wildman–Crippen LogP) is 3.62. The maximum Gasteiger partial charge on any atom is 0.416 e. The number of alkyl halides is 3. The van der Waals surface area contributed by atoms with Crippen molar-refractivity contribution in [3.8, 4) is 0 Å².